The van der Waals surface area contributed by atoms with Crippen LogP contribution in [0, 0.1) is 5.41 Å². The highest BCUT2D eigenvalue weighted by atomic mass is 16.1. The predicted octanol–water partition coefficient (Wildman–Crippen LogP) is 4.23. The molecule has 0 radical (unpaired) electrons. The van der Waals surface area contributed by atoms with Gasteiger partial charge in [0, 0.05) is 18.8 Å². The Balaban J connectivity index is 1.60. The first-order valence-electron chi connectivity index (χ1n) is 9.62. The fourth-order valence-corrected chi connectivity index (χ4v) is 3.98. The second-order valence-electron chi connectivity index (χ2n) is 7.59. The molecule has 0 saturated heterocycles. The summed E-state index contributed by atoms with van der Waals surface area (Å²) in [5.74, 6) is 0.114. The number of amides is 1. The zero-order valence-electron chi connectivity index (χ0n) is 15.6. The van der Waals surface area contributed by atoms with E-state index in [1.54, 1.807) is 12.4 Å². The fraction of sp³-hybridized carbons (Fsp3) is 0.455. The topological polar surface area (TPSA) is 68.0 Å². The zero-order valence-corrected chi connectivity index (χ0v) is 15.6. The highest BCUT2D eigenvalue weighted by molar-refractivity contribution is 5.77. The Kier molecular flexibility index (Phi) is 6.04. The van der Waals surface area contributed by atoms with Crippen LogP contribution in [0.5, 0.6) is 0 Å². The minimum Gasteiger partial charge on any atom is -0.350 e. The lowest BCUT2D eigenvalue weighted by atomic mass is 9.71. The highest BCUT2D eigenvalue weighted by Crippen LogP contribution is 2.38. The van der Waals surface area contributed by atoms with Gasteiger partial charge in [-0.05, 0) is 60.5 Å². The van der Waals surface area contributed by atoms with Gasteiger partial charge in [-0.25, -0.2) is 0 Å². The van der Waals surface area contributed by atoms with Gasteiger partial charge in [-0.15, -0.1) is 0 Å². The second-order valence-corrected chi connectivity index (χ2v) is 7.59. The van der Waals surface area contributed by atoms with E-state index in [9.17, 15) is 4.79 Å². The number of nitrogens with zero attached hydrogens (tertiary/aromatic N) is 1. The molecule has 4 nitrogen and oxygen atoms in total. The van der Waals surface area contributed by atoms with Crippen LogP contribution in [0.2, 0.25) is 0 Å². The van der Waals surface area contributed by atoms with Crippen LogP contribution in [0.25, 0.3) is 11.1 Å². The van der Waals surface area contributed by atoms with Crippen LogP contribution in [0.4, 0.5) is 0 Å². The van der Waals surface area contributed by atoms with Crippen molar-refractivity contribution in [2.24, 2.45) is 11.1 Å². The van der Waals surface area contributed by atoms with Crippen molar-refractivity contribution >= 4 is 5.91 Å². The monoisotopic (exact) mass is 351 g/mol. The number of carbonyl (C=O) groups is 1. The van der Waals surface area contributed by atoms with Crippen LogP contribution < -0.4 is 11.1 Å². The molecule has 1 heterocycles. The summed E-state index contributed by atoms with van der Waals surface area (Å²) in [7, 11) is 0. The van der Waals surface area contributed by atoms with Crippen molar-refractivity contribution in [3.05, 3.63) is 54.4 Å². The van der Waals surface area contributed by atoms with Gasteiger partial charge in [0.1, 0.15) is 0 Å². The number of pyridine rings is 1. The largest absolute Gasteiger partial charge is 0.350 e. The van der Waals surface area contributed by atoms with Gasteiger partial charge in [-0.3, -0.25) is 9.78 Å². The average Bonchev–Trinajstić information content (AvgIpc) is 2.69. The summed E-state index contributed by atoms with van der Waals surface area (Å²) in [5, 5.41) is 3.16. The number of aromatic nitrogens is 1. The molecule has 2 aromatic rings. The van der Waals surface area contributed by atoms with Gasteiger partial charge in [0.15, 0.2) is 0 Å². The van der Waals surface area contributed by atoms with Crippen LogP contribution in [-0.4, -0.2) is 17.4 Å². The molecule has 0 aliphatic heterocycles. The molecule has 1 unspecified atom stereocenters. The molecule has 0 bridgehead atoms. The van der Waals surface area contributed by atoms with E-state index in [0.717, 1.165) is 29.5 Å². The number of benzene rings is 1. The van der Waals surface area contributed by atoms with E-state index >= 15 is 0 Å². The lowest BCUT2D eigenvalue weighted by Crippen LogP contribution is -2.39. The molecule has 1 aliphatic rings. The summed E-state index contributed by atoms with van der Waals surface area (Å²) in [6, 6.07) is 12.3. The van der Waals surface area contributed by atoms with Gasteiger partial charge in [0.05, 0.1) is 6.04 Å². The first kappa shape index (κ1) is 18.6. The summed E-state index contributed by atoms with van der Waals surface area (Å²) in [6.45, 7) is 2.64. The third-order valence-electron chi connectivity index (χ3n) is 5.68. The van der Waals surface area contributed by atoms with Crippen molar-refractivity contribution in [1.82, 2.24) is 10.3 Å². The fourth-order valence-electron chi connectivity index (χ4n) is 3.98. The SMILES string of the molecule is CC(NC(=O)CC1(CN)CCCCC1)c1ccc(-c2ccncc2)cc1. The van der Waals surface area contributed by atoms with Gasteiger partial charge >= 0.3 is 0 Å². The van der Waals surface area contributed by atoms with Crippen molar-refractivity contribution in [3.63, 3.8) is 0 Å². The maximum atomic E-state index is 12.6. The number of rotatable bonds is 6. The molecule has 3 rings (SSSR count). The number of carbonyl (C=O) groups excluding carboxylic acids is 1. The predicted molar refractivity (Wildman–Crippen MR) is 105 cm³/mol. The summed E-state index contributed by atoms with van der Waals surface area (Å²) in [6.07, 6.45) is 9.94. The molecule has 3 N–H and O–H groups in total. The molecule has 138 valence electrons. The first-order valence-corrected chi connectivity index (χ1v) is 9.62. The molecular formula is C22H29N3O. The van der Waals surface area contributed by atoms with Gasteiger partial charge in [0.25, 0.3) is 0 Å². The minimum absolute atomic E-state index is 0.00703. The Labute approximate surface area is 156 Å². The second kappa shape index (κ2) is 8.45. The van der Waals surface area contributed by atoms with Crippen LogP contribution in [0.15, 0.2) is 48.8 Å². The minimum atomic E-state index is -0.00703. The lowest BCUT2D eigenvalue weighted by Gasteiger charge is -2.36. The van der Waals surface area contributed by atoms with Crippen molar-refractivity contribution in [3.8, 4) is 11.1 Å². The Hall–Kier alpha value is -2.20. The van der Waals surface area contributed by atoms with Crippen molar-refractivity contribution in [2.45, 2.75) is 51.5 Å². The molecule has 1 saturated carbocycles. The Bertz CT molecular complexity index is 706. The van der Waals surface area contributed by atoms with Crippen molar-refractivity contribution in [2.75, 3.05) is 6.54 Å². The van der Waals surface area contributed by atoms with E-state index in [4.69, 9.17) is 5.73 Å². The van der Waals surface area contributed by atoms with Crippen LogP contribution in [0.1, 0.15) is 57.1 Å². The van der Waals surface area contributed by atoms with Gasteiger partial charge in [-0.1, -0.05) is 43.5 Å². The summed E-state index contributed by atoms with van der Waals surface area (Å²) >= 11 is 0. The number of nitrogens with two attached hydrogens (primary N) is 1. The summed E-state index contributed by atoms with van der Waals surface area (Å²) < 4.78 is 0. The van der Waals surface area contributed by atoms with Crippen LogP contribution in [0.3, 0.4) is 0 Å². The molecule has 1 fully saturated rings. The van der Waals surface area contributed by atoms with E-state index in [1.165, 1.54) is 19.3 Å². The first-order chi connectivity index (χ1) is 12.6. The van der Waals surface area contributed by atoms with E-state index in [2.05, 4.69) is 34.6 Å². The Morgan fingerprint density at radius 3 is 2.31 bits per heavy atom. The quantitative estimate of drug-likeness (QED) is 0.818. The molecule has 4 heteroatoms. The van der Waals surface area contributed by atoms with Crippen LogP contribution >= 0.6 is 0 Å². The normalized spacial score (nSPS) is 17.5. The zero-order chi connectivity index (χ0) is 18.4. The number of hydrogen-bond donors (Lipinski definition) is 2. The summed E-state index contributed by atoms with van der Waals surface area (Å²) in [5.41, 5.74) is 9.43. The van der Waals surface area contributed by atoms with E-state index < -0.39 is 0 Å². The standard InChI is InChI=1S/C22H29N3O/c1-17(25-21(26)15-22(16-23)11-3-2-4-12-22)18-5-7-19(8-6-18)20-9-13-24-14-10-20/h5-10,13-14,17H,2-4,11-12,15-16,23H2,1H3,(H,25,26). The number of nitrogens with one attached hydrogen (secondary N) is 1. The Morgan fingerprint density at radius 1 is 1.08 bits per heavy atom. The smallest absolute Gasteiger partial charge is 0.221 e. The molecule has 1 atom stereocenters. The van der Waals surface area contributed by atoms with E-state index in [1.807, 2.05) is 19.1 Å². The average molecular weight is 351 g/mol. The van der Waals surface area contributed by atoms with E-state index in [0.29, 0.717) is 13.0 Å². The highest BCUT2D eigenvalue weighted by Gasteiger charge is 2.33. The summed E-state index contributed by atoms with van der Waals surface area (Å²) in [4.78, 5) is 16.6. The van der Waals surface area contributed by atoms with Gasteiger partial charge < -0.3 is 11.1 Å². The van der Waals surface area contributed by atoms with Crippen molar-refractivity contribution in [1.29, 1.82) is 0 Å². The lowest BCUT2D eigenvalue weighted by molar-refractivity contribution is -0.124. The van der Waals surface area contributed by atoms with E-state index in [-0.39, 0.29) is 17.4 Å². The molecule has 1 aromatic heterocycles. The molecular weight excluding hydrogens is 322 g/mol. The molecule has 1 amide bonds. The van der Waals surface area contributed by atoms with Crippen molar-refractivity contribution < 1.29 is 4.79 Å². The maximum absolute atomic E-state index is 12.6. The maximum Gasteiger partial charge on any atom is 0.221 e. The van der Waals surface area contributed by atoms with Gasteiger partial charge in [-0.2, -0.15) is 0 Å². The molecule has 26 heavy (non-hydrogen) atoms. The van der Waals surface area contributed by atoms with Gasteiger partial charge in [0.2, 0.25) is 5.91 Å². The Morgan fingerprint density at radius 2 is 1.69 bits per heavy atom. The van der Waals surface area contributed by atoms with Crippen LogP contribution in [-0.2, 0) is 4.79 Å². The molecule has 0 spiro atoms. The third kappa shape index (κ3) is 4.50. The number of hydrogen-bond acceptors (Lipinski definition) is 3. The molecule has 1 aromatic carbocycles. The third-order valence-corrected chi connectivity index (χ3v) is 5.68. The molecule has 1 aliphatic carbocycles.